The van der Waals surface area contributed by atoms with Crippen molar-refractivity contribution in [2.24, 2.45) is 5.10 Å². The first-order chi connectivity index (χ1) is 9.24. The number of nitrogens with one attached hydrogen (secondary N) is 1. The molecule has 0 saturated heterocycles. The summed E-state index contributed by atoms with van der Waals surface area (Å²) in [6, 6.07) is 10.7. The number of carbonyl (C=O) groups is 1. The average Bonchev–Trinajstić information content (AvgIpc) is 2.90. The zero-order valence-corrected chi connectivity index (χ0v) is 11.5. The van der Waals surface area contributed by atoms with Crippen molar-refractivity contribution in [3.63, 3.8) is 0 Å². The van der Waals surface area contributed by atoms with Gasteiger partial charge in [-0.15, -0.1) is 0 Å². The molecule has 0 spiro atoms. The van der Waals surface area contributed by atoms with Gasteiger partial charge in [0.1, 0.15) is 11.5 Å². The first kappa shape index (κ1) is 13.4. The van der Waals surface area contributed by atoms with Gasteiger partial charge in [-0.3, -0.25) is 4.79 Å². The second-order valence-electron chi connectivity index (χ2n) is 3.55. The summed E-state index contributed by atoms with van der Waals surface area (Å²) < 4.78 is 11.2. The number of hydrogen-bond donors (Lipinski definition) is 1. The quantitative estimate of drug-likeness (QED) is 0.679. The van der Waals surface area contributed by atoms with Crippen LogP contribution in [0.4, 0.5) is 0 Å². The molecule has 0 aliphatic carbocycles. The molecule has 0 bridgehead atoms. The zero-order chi connectivity index (χ0) is 13.5. The highest BCUT2D eigenvalue weighted by Gasteiger charge is 2.01. The topological polar surface area (TPSA) is 63.8 Å². The van der Waals surface area contributed by atoms with Crippen molar-refractivity contribution in [2.45, 2.75) is 0 Å². The van der Waals surface area contributed by atoms with Gasteiger partial charge in [0.25, 0.3) is 5.91 Å². The number of hydrazone groups is 1. The van der Waals surface area contributed by atoms with Crippen molar-refractivity contribution >= 4 is 28.1 Å². The van der Waals surface area contributed by atoms with Gasteiger partial charge in [0.2, 0.25) is 0 Å². The van der Waals surface area contributed by atoms with Crippen LogP contribution in [-0.4, -0.2) is 18.7 Å². The summed E-state index contributed by atoms with van der Waals surface area (Å²) in [5, 5.41) is 3.74. The number of benzene rings is 1. The molecule has 0 unspecified atom stereocenters. The van der Waals surface area contributed by atoms with Gasteiger partial charge in [0.15, 0.2) is 6.61 Å². The van der Waals surface area contributed by atoms with Gasteiger partial charge >= 0.3 is 0 Å². The minimum absolute atomic E-state index is 0.105. The number of ether oxygens (including phenoxy) is 1. The van der Waals surface area contributed by atoms with Gasteiger partial charge in [0, 0.05) is 4.47 Å². The number of halogens is 1. The molecular formula is C13H11BrN2O3. The number of hydrogen-bond acceptors (Lipinski definition) is 4. The van der Waals surface area contributed by atoms with Gasteiger partial charge in [-0.1, -0.05) is 22.0 Å². The predicted octanol–water partition coefficient (Wildman–Crippen LogP) is 2.57. The van der Waals surface area contributed by atoms with E-state index in [0.717, 1.165) is 4.47 Å². The Morgan fingerprint density at radius 1 is 1.42 bits per heavy atom. The van der Waals surface area contributed by atoms with E-state index >= 15 is 0 Å². The Kier molecular flexibility index (Phi) is 4.74. The molecule has 1 amide bonds. The van der Waals surface area contributed by atoms with Crippen molar-refractivity contribution in [1.82, 2.24) is 5.43 Å². The molecule has 2 rings (SSSR count). The van der Waals surface area contributed by atoms with E-state index in [1.54, 1.807) is 24.3 Å². The minimum atomic E-state index is -0.345. The molecule has 0 atom stereocenters. The molecule has 1 aromatic carbocycles. The number of furan rings is 1. The lowest BCUT2D eigenvalue weighted by Gasteiger charge is -2.04. The van der Waals surface area contributed by atoms with Crippen molar-refractivity contribution in [3.05, 3.63) is 52.9 Å². The van der Waals surface area contributed by atoms with Crippen molar-refractivity contribution in [2.75, 3.05) is 6.61 Å². The fourth-order valence-electron chi connectivity index (χ4n) is 1.27. The Hall–Kier alpha value is -2.08. The smallest absolute Gasteiger partial charge is 0.277 e. The largest absolute Gasteiger partial charge is 0.484 e. The molecule has 0 aliphatic rings. The zero-order valence-electron chi connectivity index (χ0n) is 9.88. The lowest BCUT2D eigenvalue weighted by Crippen LogP contribution is -2.24. The maximum Gasteiger partial charge on any atom is 0.277 e. The Morgan fingerprint density at radius 3 is 3.05 bits per heavy atom. The maximum atomic E-state index is 11.4. The summed E-state index contributed by atoms with van der Waals surface area (Å²) in [6.07, 6.45) is 2.94. The van der Waals surface area contributed by atoms with E-state index in [1.807, 2.05) is 12.1 Å². The van der Waals surface area contributed by atoms with Crippen LogP contribution in [0.2, 0.25) is 0 Å². The Labute approximate surface area is 118 Å². The van der Waals surface area contributed by atoms with Crippen LogP contribution in [-0.2, 0) is 4.79 Å². The van der Waals surface area contributed by atoms with Crippen LogP contribution in [0.15, 0.2) is 56.7 Å². The Morgan fingerprint density at radius 2 is 2.32 bits per heavy atom. The Balaban J connectivity index is 1.76. The summed E-state index contributed by atoms with van der Waals surface area (Å²) >= 11 is 3.32. The van der Waals surface area contributed by atoms with Crippen molar-refractivity contribution in [3.8, 4) is 5.75 Å². The normalized spacial score (nSPS) is 10.6. The fourth-order valence-corrected chi connectivity index (χ4v) is 1.65. The number of amides is 1. The van der Waals surface area contributed by atoms with E-state index in [0.29, 0.717) is 11.5 Å². The fraction of sp³-hybridized carbons (Fsp3) is 0.0769. The van der Waals surface area contributed by atoms with Crippen molar-refractivity contribution < 1.29 is 13.9 Å². The second kappa shape index (κ2) is 6.75. The highest BCUT2D eigenvalue weighted by atomic mass is 79.9. The van der Waals surface area contributed by atoms with Crippen molar-refractivity contribution in [1.29, 1.82) is 0 Å². The van der Waals surface area contributed by atoms with E-state index in [1.165, 1.54) is 12.5 Å². The van der Waals surface area contributed by atoms with Gasteiger partial charge in [-0.25, -0.2) is 5.43 Å². The lowest BCUT2D eigenvalue weighted by atomic mass is 10.3. The van der Waals surface area contributed by atoms with E-state index in [2.05, 4.69) is 26.5 Å². The van der Waals surface area contributed by atoms with Crippen LogP contribution < -0.4 is 10.2 Å². The number of carbonyl (C=O) groups excluding carboxylic acids is 1. The third kappa shape index (κ3) is 4.59. The molecule has 0 aliphatic heterocycles. The first-order valence-corrected chi connectivity index (χ1v) is 6.27. The molecule has 19 heavy (non-hydrogen) atoms. The highest BCUT2D eigenvalue weighted by Crippen LogP contribution is 2.17. The van der Waals surface area contributed by atoms with Crippen LogP contribution in [0.25, 0.3) is 0 Å². The summed E-state index contributed by atoms with van der Waals surface area (Å²) in [6.45, 7) is -0.105. The third-order valence-corrected chi connectivity index (χ3v) is 2.58. The van der Waals surface area contributed by atoms with Gasteiger partial charge in [0.05, 0.1) is 12.5 Å². The second-order valence-corrected chi connectivity index (χ2v) is 4.47. The minimum Gasteiger partial charge on any atom is -0.484 e. The molecule has 1 aromatic heterocycles. The molecule has 1 N–H and O–H groups in total. The number of rotatable bonds is 5. The molecule has 98 valence electrons. The molecule has 1 heterocycles. The van der Waals surface area contributed by atoms with Gasteiger partial charge in [-0.2, -0.15) is 5.10 Å². The van der Waals surface area contributed by atoms with Crippen LogP contribution in [0.3, 0.4) is 0 Å². The van der Waals surface area contributed by atoms with Crippen LogP contribution in [0.5, 0.6) is 5.75 Å². The van der Waals surface area contributed by atoms with E-state index in [4.69, 9.17) is 9.15 Å². The molecule has 6 heteroatoms. The highest BCUT2D eigenvalue weighted by molar-refractivity contribution is 9.10. The molecule has 0 saturated carbocycles. The summed E-state index contributed by atoms with van der Waals surface area (Å²) in [4.78, 5) is 11.4. The molecule has 0 fully saturated rings. The number of nitrogens with zero attached hydrogens (tertiary/aromatic N) is 1. The van der Waals surface area contributed by atoms with Crippen LogP contribution >= 0.6 is 15.9 Å². The van der Waals surface area contributed by atoms with Crippen LogP contribution in [0, 0.1) is 0 Å². The van der Waals surface area contributed by atoms with Crippen LogP contribution in [0.1, 0.15) is 5.76 Å². The summed E-state index contributed by atoms with van der Waals surface area (Å²) in [5.41, 5.74) is 2.34. The van der Waals surface area contributed by atoms with E-state index in [9.17, 15) is 4.79 Å². The SMILES string of the molecule is O=C(COc1cccc(Br)c1)N/N=C\c1ccco1. The summed E-state index contributed by atoms with van der Waals surface area (Å²) in [5.74, 6) is 0.829. The molecule has 2 aromatic rings. The average molecular weight is 323 g/mol. The third-order valence-electron chi connectivity index (χ3n) is 2.09. The van der Waals surface area contributed by atoms with Gasteiger partial charge in [-0.05, 0) is 30.3 Å². The summed E-state index contributed by atoms with van der Waals surface area (Å²) in [7, 11) is 0. The maximum absolute atomic E-state index is 11.4. The molecule has 5 nitrogen and oxygen atoms in total. The Bertz CT molecular complexity index is 567. The standard InChI is InChI=1S/C13H11BrN2O3/c14-10-3-1-4-11(7-10)19-9-13(17)16-15-8-12-5-2-6-18-12/h1-8H,9H2,(H,16,17)/b15-8-. The molecular weight excluding hydrogens is 312 g/mol. The molecule has 0 radical (unpaired) electrons. The first-order valence-electron chi connectivity index (χ1n) is 5.48. The lowest BCUT2D eigenvalue weighted by molar-refractivity contribution is -0.123. The van der Waals surface area contributed by atoms with Gasteiger partial charge < -0.3 is 9.15 Å². The van der Waals surface area contributed by atoms with E-state index in [-0.39, 0.29) is 12.5 Å². The predicted molar refractivity (Wildman–Crippen MR) is 74.1 cm³/mol. The van der Waals surface area contributed by atoms with E-state index < -0.39 is 0 Å². The monoisotopic (exact) mass is 322 g/mol.